The summed E-state index contributed by atoms with van der Waals surface area (Å²) in [4.78, 5) is 33.0. The lowest BCUT2D eigenvalue weighted by Crippen LogP contribution is -2.38. The summed E-state index contributed by atoms with van der Waals surface area (Å²) in [7, 11) is 0. The number of aromatic nitrogens is 4. The second-order valence-electron chi connectivity index (χ2n) is 7.92. The Kier molecular flexibility index (Phi) is 5.73. The largest absolute Gasteiger partial charge is 0.337 e. The van der Waals surface area contributed by atoms with Crippen molar-refractivity contribution >= 4 is 17.2 Å². The van der Waals surface area contributed by atoms with Crippen molar-refractivity contribution in [3.05, 3.63) is 82.8 Å². The number of nitrogens with zero attached hydrogens (tertiary/aromatic N) is 5. The average Bonchev–Trinajstić information content (AvgIpc) is 3.30. The van der Waals surface area contributed by atoms with E-state index in [1.165, 1.54) is 11.3 Å². The van der Waals surface area contributed by atoms with E-state index in [1.807, 2.05) is 53.7 Å². The minimum absolute atomic E-state index is 0.0230. The predicted octanol–water partition coefficient (Wildman–Crippen LogP) is 4.99. The van der Waals surface area contributed by atoms with Crippen LogP contribution < -0.4 is 0 Å². The Morgan fingerprint density at radius 1 is 1.00 bits per heavy atom. The second-order valence-corrected chi connectivity index (χ2v) is 8.98. The Bertz CT molecular complexity index is 1220. The van der Waals surface area contributed by atoms with Crippen LogP contribution in [0.15, 0.2) is 66.4 Å². The summed E-state index contributed by atoms with van der Waals surface area (Å²) in [6.45, 7) is 3.31. The van der Waals surface area contributed by atoms with E-state index in [0.29, 0.717) is 24.6 Å². The molecule has 1 aliphatic heterocycles. The molecule has 4 heterocycles. The van der Waals surface area contributed by atoms with Gasteiger partial charge in [-0.05, 0) is 37.5 Å². The quantitative estimate of drug-likeness (QED) is 0.446. The molecule has 0 spiro atoms. The average molecular weight is 442 g/mol. The first-order valence-corrected chi connectivity index (χ1v) is 11.6. The maximum atomic E-state index is 12.8. The van der Waals surface area contributed by atoms with Crippen molar-refractivity contribution in [2.75, 3.05) is 13.1 Å². The van der Waals surface area contributed by atoms with Gasteiger partial charge in [-0.3, -0.25) is 9.78 Å². The molecule has 7 heteroatoms. The molecule has 0 unspecified atom stereocenters. The minimum Gasteiger partial charge on any atom is -0.337 e. The minimum atomic E-state index is 0.0230. The molecule has 1 saturated heterocycles. The van der Waals surface area contributed by atoms with Gasteiger partial charge in [-0.25, -0.2) is 15.0 Å². The Balaban J connectivity index is 1.43. The highest BCUT2D eigenvalue weighted by Crippen LogP contribution is 2.35. The van der Waals surface area contributed by atoms with Crippen LogP contribution >= 0.6 is 11.3 Å². The van der Waals surface area contributed by atoms with Gasteiger partial charge < -0.3 is 4.90 Å². The first-order chi connectivity index (χ1) is 15.7. The van der Waals surface area contributed by atoms with E-state index in [4.69, 9.17) is 4.98 Å². The van der Waals surface area contributed by atoms with Crippen LogP contribution in [0.5, 0.6) is 0 Å². The smallest absolute Gasteiger partial charge is 0.273 e. The highest BCUT2D eigenvalue weighted by molar-refractivity contribution is 7.09. The number of thiazole rings is 1. The molecule has 1 fully saturated rings. The molecule has 1 aromatic carbocycles. The third-order valence-corrected chi connectivity index (χ3v) is 6.60. The lowest BCUT2D eigenvalue weighted by Gasteiger charge is -2.32. The molecule has 1 aliphatic rings. The van der Waals surface area contributed by atoms with E-state index in [2.05, 4.69) is 27.1 Å². The van der Waals surface area contributed by atoms with Gasteiger partial charge in [-0.2, -0.15) is 0 Å². The van der Waals surface area contributed by atoms with Gasteiger partial charge in [-0.1, -0.05) is 30.3 Å². The van der Waals surface area contributed by atoms with Crippen molar-refractivity contribution in [1.29, 1.82) is 0 Å². The standard InChI is InChI=1S/C25H23N5OS/c1-17-28-22(16-32-17)25(31)30-12-9-19(10-13-30)23-21(18-6-3-2-4-7-18)15-27-24(29-23)20-8-5-11-26-14-20/h2-8,11,14-16,19H,9-10,12-13H2,1H3. The van der Waals surface area contributed by atoms with E-state index in [1.54, 1.807) is 12.4 Å². The number of rotatable bonds is 4. The fourth-order valence-corrected chi connectivity index (χ4v) is 4.75. The normalized spacial score (nSPS) is 14.5. The summed E-state index contributed by atoms with van der Waals surface area (Å²) in [6, 6.07) is 14.1. The third-order valence-electron chi connectivity index (χ3n) is 5.83. The van der Waals surface area contributed by atoms with Gasteiger partial charge in [0.1, 0.15) is 5.69 Å². The number of carbonyl (C=O) groups is 1. The molecule has 6 nitrogen and oxygen atoms in total. The van der Waals surface area contributed by atoms with Crippen molar-refractivity contribution in [3.63, 3.8) is 0 Å². The molecule has 0 atom stereocenters. The van der Waals surface area contributed by atoms with Crippen LogP contribution in [-0.4, -0.2) is 43.8 Å². The Morgan fingerprint density at radius 3 is 2.47 bits per heavy atom. The SMILES string of the molecule is Cc1nc(C(=O)N2CCC(c3nc(-c4cccnc4)ncc3-c3ccccc3)CC2)cs1. The van der Waals surface area contributed by atoms with Crippen LogP contribution in [0.4, 0.5) is 0 Å². The monoisotopic (exact) mass is 441 g/mol. The molecule has 0 N–H and O–H groups in total. The number of amides is 1. The number of piperidine rings is 1. The first kappa shape index (κ1) is 20.5. The number of benzene rings is 1. The Morgan fingerprint density at radius 2 is 1.78 bits per heavy atom. The van der Waals surface area contributed by atoms with E-state index in [-0.39, 0.29) is 11.8 Å². The number of pyridine rings is 1. The maximum absolute atomic E-state index is 12.8. The molecule has 5 rings (SSSR count). The van der Waals surface area contributed by atoms with Crippen LogP contribution in [0.2, 0.25) is 0 Å². The summed E-state index contributed by atoms with van der Waals surface area (Å²) >= 11 is 1.51. The Hall–Kier alpha value is -3.45. The van der Waals surface area contributed by atoms with Crippen molar-refractivity contribution in [3.8, 4) is 22.5 Å². The molecule has 3 aromatic heterocycles. The van der Waals surface area contributed by atoms with Crippen molar-refractivity contribution in [1.82, 2.24) is 24.8 Å². The second kappa shape index (κ2) is 8.96. The van der Waals surface area contributed by atoms with Gasteiger partial charge in [0.25, 0.3) is 5.91 Å². The molecule has 4 aromatic rings. The zero-order valence-electron chi connectivity index (χ0n) is 17.8. The lowest BCUT2D eigenvalue weighted by molar-refractivity contribution is 0.0707. The summed E-state index contributed by atoms with van der Waals surface area (Å²) in [5.41, 5.74) is 4.66. The van der Waals surface area contributed by atoms with Crippen LogP contribution in [0.3, 0.4) is 0 Å². The zero-order chi connectivity index (χ0) is 21.9. The predicted molar refractivity (Wildman–Crippen MR) is 125 cm³/mol. The zero-order valence-corrected chi connectivity index (χ0v) is 18.6. The number of carbonyl (C=O) groups excluding carboxylic acids is 1. The van der Waals surface area contributed by atoms with Crippen LogP contribution in [-0.2, 0) is 0 Å². The molecule has 0 bridgehead atoms. The van der Waals surface area contributed by atoms with Gasteiger partial charge >= 0.3 is 0 Å². The summed E-state index contributed by atoms with van der Waals surface area (Å²) in [6.07, 6.45) is 7.18. The highest BCUT2D eigenvalue weighted by Gasteiger charge is 2.28. The molecular formula is C25H23N5OS. The molecule has 32 heavy (non-hydrogen) atoms. The molecule has 0 saturated carbocycles. The molecule has 160 valence electrons. The van der Waals surface area contributed by atoms with Gasteiger partial charge in [0.15, 0.2) is 5.82 Å². The first-order valence-electron chi connectivity index (χ1n) is 10.7. The topological polar surface area (TPSA) is 71.9 Å². The van der Waals surface area contributed by atoms with Gasteiger partial charge in [0, 0.05) is 54.1 Å². The fourth-order valence-electron chi connectivity index (χ4n) is 4.16. The van der Waals surface area contributed by atoms with Crippen LogP contribution in [0, 0.1) is 6.92 Å². The van der Waals surface area contributed by atoms with Crippen LogP contribution in [0.1, 0.15) is 39.9 Å². The number of likely N-dealkylation sites (tertiary alicyclic amines) is 1. The lowest BCUT2D eigenvalue weighted by atomic mass is 9.88. The van der Waals surface area contributed by atoms with E-state index >= 15 is 0 Å². The molecular weight excluding hydrogens is 418 g/mol. The number of hydrogen-bond donors (Lipinski definition) is 0. The maximum Gasteiger partial charge on any atom is 0.273 e. The Labute approximate surface area is 191 Å². The van der Waals surface area contributed by atoms with E-state index < -0.39 is 0 Å². The summed E-state index contributed by atoms with van der Waals surface area (Å²) in [5, 5.41) is 2.77. The third kappa shape index (κ3) is 4.16. The number of hydrogen-bond acceptors (Lipinski definition) is 6. The van der Waals surface area contributed by atoms with Crippen molar-refractivity contribution < 1.29 is 4.79 Å². The number of aryl methyl sites for hydroxylation is 1. The van der Waals surface area contributed by atoms with Crippen LogP contribution in [0.25, 0.3) is 22.5 Å². The van der Waals surface area contributed by atoms with Gasteiger partial charge in [0.2, 0.25) is 0 Å². The summed E-state index contributed by atoms with van der Waals surface area (Å²) in [5.74, 6) is 0.962. The van der Waals surface area contributed by atoms with Crippen molar-refractivity contribution in [2.45, 2.75) is 25.7 Å². The van der Waals surface area contributed by atoms with Gasteiger partial charge in [-0.15, -0.1) is 11.3 Å². The van der Waals surface area contributed by atoms with Crippen molar-refractivity contribution in [2.24, 2.45) is 0 Å². The van der Waals surface area contributed by atoms with E-state index in [0.717, 1.165) is 40.2 Å². The van der Waals surface area contributed by atoms with Gasteiger partial charge in [0.05, 0.1) is 10.7 Å². The fraction of sp³-hybridized carbons (Fsp3) is 0.240. The highest BCUT2D eigenvalue weighted by atomic mass is 32.1. The molecule has 0 aliphatic carbocycles. The summed E-state index contributed by atoms with van der Waals surface area (Å²) < 4.78 is 0. The molecule has 0 radical (unpaired) electrons. The molecule has 1 amide bonds. The van der Waals surface area contributed by atoms with E-state index in [9.17, 15) is 4.79 Å².